The Hall–Kier alpha value is -1.57. The van der Waals surface area contributed by atoms with Gasteiger partial charge >= 0.3 is 5.97 Å². The highest BCUT2D eigenvalue weighted by atomic mass is 16.5. The Morgan fingerprint density at radius 2 is 1.90 bits per heavy atom. The molecule has 2 heteroatoms. The molecule has 0 unspecified atom stereocenters. The van der Waals surface area contributed by atoms with Crippen LogP contribution in [0.15, 0.2) is 36.4 Å². The molecular formula is C19H24O2. The van der Waals surface area contributed by atoms with Crippen LogP contribution in [-0.4, -0.2) is 12.6 Å². The van der Waals surface area contributed by atoms with Crippen molar-refractivity contribution in [1.29, 1.82) is 0 Å². The van der Waals surface area contributed by atoms with E-state index in [4.69, 9.17) is 4.74 Å². The predicted molar refractivity (Wildman–Crippen MR) is 84.6 cm³/mol. The number of rotatable bonds is 4. The number of carbonyl (C=O) groups is 1. The Morgan fingerprint density at radius 1 is 1.24 bits per heavy atom. The fourth-order valence-corrected chi connectivity index (χ4v) is 4.25. The standard InChI is InChI=1S/C19H24O2/c1-18-12-10-16(11-13-18)19(18,2)14-21-17(20)9-8-15-6-4-3-5-7-15/h3-9,16H,10-14H2,1-2H3/t16?,18?,19-/m1/s1. The highest BCUT2D eigenvalue weighted by molar-refractivity contribution is 5.87. The fraction of sp³-hybridized carbons (Fsp3) is 0.526. The summed E-state index contributed by atoms with van der Waals surface area (Å²) in [6.45, 7) is 5.24. The largest absolute Gasteiger partial charge is 0.462 e. The van der Waals surface area contributed by atoms with Crippen LogP contribution < -0.4 is 0 Å². The third-order valence-electron chi connectivity index (χ3n) is 6.09. The summed E-state index contributed by atoms with van der Waals surface area (Å²) >= 11 is 0. The Balaban J connectivity index is 1.58. The molecular weight excluding hydrogens is 260 g/mol. The molecule has 112 valence electrons. The molecule has 0 heterocycles. The van der Waals surface area contributed by atoms with Crippen molar-refractivity contribution in [2.45, 2.75) is 39.5 Å². The van der Waals surface area contributed by atoms with E-state index in [-0.39, 0.29) is 11.4 Å². The third kappa shape index (κ3) is 2.52. The van der Waals surface area contributed by atoms with Crippen molar-refractivity contribution >= 4 is 12.0 Å². The molecule has 1 aromatic carbocycles. The van der Waals surface area contributed by atoms with Crippen LogP contribution in [0.5, 0.6) is 0 Å². The molecule has 2 aliphatic carbocycles. The average molecular weight is 284 g/mol. The van der Waals surface area contributed by atoms with Crippen LogP contribution in [0.2, 0.25) is 0 Å². The molecule has 1 aromatic rings. The summed E-state index contributed by atoms with van der Waals surface area (Å²) in [5.74, 6) is 0.503. The molecule has 0 amide bonds. The minimum absolute atomic E-state index is 0.170. The summed E-state index contributed by atoms with van der Waals surface area (Å²) < 4.78 is 5.57. The number of benzene rings is 1. The van der Waals surface area contributed by atoms with Crippen molar-refractivity contribution in [3.05, 3.63) is 42.0 Å². The van der Waals surface area contributed by atoms with Gasteiger partial charge in [0.1, 0.15) is 0 Å². The summed E-state index contributed by atoms with van der Waals surface area (Å²) in [6, 6.07) is 9.84. The molecule has 2 saturated carbocycles. The van der Waals surface area contributed by atoms with E-state index in [0.29, 0.717) is 12.0 Å². The number of carbonyl (C=O) groups excluding carboxylic acids is 1. The van der Waals surface area contributed by atoms with Crippen LogP contribution >= 0.6 is 0 Å². The van der Waals surface area contributed by atoms with Gasteiger partial charge in [0, 0.05) is 11.5 Å². The van der Waals surface area contributed by atoms with Crippen molar-refractivity contribution < 1.29 is 9.53 Å². The van der Waals surface area contributed by atoms with Gasteiger partial charge in [-0.2, -0.15) is 0 Å². The van der Waals surface area contributed by atoms with Crippen LogP contribution in [0.4, 0.5) is 0 Å². The number of ether oxygens (including phenoxy) is 1. The second-order valence-electron chi connectivity index (χ2n) is 7.10. The Morgan fingerprint density at radius 3 is 2.48 bits per heavy atom. The highest BCUT2D eigenvalue weighted by Gasteiger charge is 2.59. The summed E-state index contributed by atoms with van der Waals surface area (Å²) in [4.78, 5) is 11.9. The summed E-state index contributed by atoms with van der Waals surface area (Å²) in [7, 11) is 0. The summed E-state index contributed by atoms with van der Waals surface area (Å²) in [5.41, 5.74) is 1.55. The first-order valence-corrected chi connectivity index (χ1v) is 7.93. The molecule has 2 fully saturated rings. The quantitative estimate of drug-likeness (QED) is 0.603. The molecule has 0 saturated heterocycles. The molecule has 21 heavy (non-hydrogen) atoms. The third-order valence-corrected chi connectivity index (χ3v) is 6.09. The molecule has 0 aliphatic heterocycles. The van der Waals surface area contributed by atoms with Gasteiger partial charge in [0.25, 0.3) is 0 Å². The van der Waals surface area contributed by atoms with Crippen LogP contribution in [0.1, 0.15) is 45.1 Å². The molecule has 0 N–H and O–H groups in total. The van der Waals surface area contributed by atoms with Gasteiger partial charge in [-0.25, -0.2) is 4.79 Å². The molecule has 0 aromatic heterocycles. The smallest absolute Gasteiger partial charge is 0.330 e. The van der Waals surface area contributed by atoms with Gasteiger partial charge < -0.3 is 4.74 Å². The lowest BCUT2D eigenvalue weighted by molar-refractivity contribution is -0.143. The van der Waals surface area contributed by atoms with E-state index in [9.17, 15) is 4.79 Å². The number of hydrogen-bond donors (Lipinski definition) is 0. The summed E-state index contributed by atoms with van der Waals surface area (Å²) in [5, 5.41) is 0. The maximum absolute atomic E-state index is 11.9. The summed E-state index contributed by atoms with van der Waals surface area (Å²) in [6.07, 6.45) is 8.51. The number of esters is 1. The molecule has 0 radical (unpaired) electrons. The minimum atomic E-state index is -0.227. The lowest BCUT2D eigenvalue weighted by Crippen LogP contribution is -2.36. The maximum atomic E-state index is 11.9. The van der Waals surface area contributed by atoms with Crippen molar-refractivity contribution in [2.24, 2.45) is 16.7 Å². The van der Waals surface area contributed by atoms with Gasteiger partial charge in [0.2, 0.25) is 0 Å². The molecule has 0 spiro atoms. The first kappa shape index (κ1) is 14.4. The van der Waals surface area contributed by atoms with Crippen molar-refractivity contribution in [3.8, 4) is 0 Å². The Labute approximate surface area is 127 Å². The minimum Gasteiger partial charge on any atom is -0.462 e. The topological polar surface area (TPSA) is 26.3 Å². The van der Waals surface area contributed by atoms with Gasteiger partial charge in [-0.05, 0) is 48.7 Å². The van der Waals surface area contributed by atoms with Gasteiger partial charge in [0.05, 0.1) is 6.61 Å². The van der Waals surface area contributed by atoms with Gasteiger partial charge in [-0.15, -0.1) is 0 Å². The lowest BCUT2D eigenvalue weighted by atomic mass is 9.70. The van der Waals surface area contributed by atoms with Gasteiger partial charge in [0.15, 0.2) is 0 Å². The SMILES string of the molecule is CC12CCC(CC1)[C@@]2(C)COC(=O)C=Cc1ccccc1. The van der Waals surface area contributed by atoms with E-state index in [1.54, 1.807) is 0 Å². The van der Waals surface area contributed by atoms with E-state index >= 15 is 0 Å². The Bertz CT molecular complexity index is 538. The first-order valence-electron chi connectivity index (χ1n) is 7.93. The Kier molecular flexibility index (Phi) is 3.64. The normalized spacial score (nSPS) is 34.5. The van der Waals surface area contributed by atoms with E-state index < -0.39 is 0 Å². The second kappa shape index (κ2) is 5.32. The van der Waals surface area contributed by atoms with Crippen LogP contribution in [0.3, 0.4) is 0 Å². The van der Waals surface area contributed by atoms with Gasteiger partial charge in [-0.1, -0.05) is 44.2 Å². The van der Waals surface area contributed by atoms with Crippen LogP contribution in [-0.2, 0) is 9.53 Å². The van der Waals surface area contributed by atoms with Gasteiger partial charge in [-0.3, -0.25) is 0 Å². The van der Waals surface area contributed by atoms with E-state index in [1.807, 2.05) is 36.4 Å². The molecule has 1 atom stereocenters. The van der Waals surface area contributed by atoms with Crippen LogP contribution in [0, 0.1) is 16.7 Å². The van der Waals surface area contributed by atoms with Crippen molar-refractivity contribution in [2.75, 3.05) is 6.61 Å². The zero-order valence-electron chi connectivity index (χ0n) is 13.0. The average Bonchev–Trinajstić information content (AvgIpc) is 2.90. The molecule has 2 aliphatic rings. The lowest BCUT2D eigenvalue weighted by Gasteiger charge is -2.37. The highest BCUT2D eigenvalue weighted by Crippen LogP contribution is 2.65. The van der Waals surface area contributed by atoms with E-state index in [0.717, 1.165) is 11.5 Å². The second-order valence-corrected chi connectivity index (χ2v) is 7.10. The maximum Gasteiger partial charge on any atom is 0.330 e. The van der Waals surface area contributed by atoms with E-state index in [2.05, 4.69) is 13.8 Å². The molecule has 2 bridgehead atoms. The fourth-order valence-electron chi connectivity index (χ4n) is 4.25. The number of fused-ring (bicyclic) bond motifs is 2. The van der Waals surface area contributed by atoms with E-state index in [1.165, 1.54) is 31.8 Å². The zero-order chi connectivity index (χ0) is 14.9. The zero-order valence-corrected chi connectivity index (χ0v) is 13.0. The predicted octanol–water partition coefficient (Wildman–Crippen LogP) is 4.46. The molecule has 3 rings (SSSR count). The monoisotopic (exact) mass is 284 g/mol. The van der Waals surface area contributed by atoms with Crippen molar-refractivity contribution in [1.82, 2.24) is 0 Å². The number of hydrogen-bond acceptors (Lipinski definition) is 2. The van der Waals surface area contributed by atoms with Crippen LogP contribution in [0.25, 0.3) is 6.08 Å². The molecule has 2 nitrogen and oxygen atoms in total. The van der Waals surface area contributed by atoms with Crippen molar-refractivity contribution in [3.63, 3.8) is 0 Å². The first-order chi connectivity index (χ1) is 10.0.